The van der Waals surface area contributed by atoms with Gasteiger partial charge in [0.2, 0.25) is 5.91 Å². The van der Waals surface area contributed by atoms with Gasteiger partial charge in [0.1, 0.15) is 18.2 Å². The normalized spacial score (nSPS) is 11.5. The maximum atomic E-state index is 12.2. The van der Waals surface area contributed by atoms with Crippen LogP contribution in [0.5, 0.6) is 0 Å². The first-order chi connectivity index (χ1) is 13.7. The quantitative estimate of drug-likeness (QED) is 0.433. The van der Waals surface area contributed by atoms with E-state index in [1.165, 1.54) is 0 Å². The number of amides is 3. The number of rotatable bonds is 9. The Kier molecular flexibility index (Phi) is 10.1. The molecule has 0 fully saturated rings. The summed E-state index contributed by atoms with van der Waals surface area (Å²) in [5.74, 6) is 1.89. The Hall–Kier alpha value is -3.21. The molecule has 0 aliphatic heterocycles. The Morgan fingerprint density at radius 1 is 1.10 bits per heavy atom. The average Bonchev–Trinajstić information content (AvgIpc) is 2.66. The smallest absolute Gasteiger partial charge is 0.408 e. The fourth-order valence-corrected chi connectivity index (χ4v) is 2.25. The second kappa shape index (κ2) is 12.3. The molecule has 1 aromatic rings. The number of ether oxygens (including phenoxy) is 2. The van der Waals surface area contributed by atoms with Gasteiger partial charge in [-0.15, -0.1) is 6.42 Å². The van der Waals surface area contributed by atoms with Crippen molar-refractivity contribution in [3.63, 3.8) is 0 Å². The van der Waals surface area contributed by atoms with E-state index in [0.717, 1.165) is 5.56 Å². The highest BCUT2D eigenvalue weighted by Gasteiger charge is 2.21. The lowest BCUT2D eigenvalue weighted by atomic mass is 10.1. The average molecular weight is 403 g/mol. The monoisotopic (exact) mass is 403 g/mol. The molecular weight excluding hydrogens is 374 g/mol. The standard InChI is InChI=1S/C21H29N3O5/c1-5-13-22-18(25)17(12-9-14-23-19(26)29-21(2,3)4)24-20(27)28-15-16-10-7-6-8-11-16/h1,6-8,10-11,17H,9,12-15H2,2-4H3,(H,22,25)(H,23,26)(H,24,27)/t17-/m0/s1. The molecule has 1 aromatic carbocycles. The topological polar surface area (TPSA) is 106 Å². The van der Waals surface area contributed by atoms with Crippen LogP contribution >= 0.6 is 0 Å². The Morgan fingerprint density at radius 2 is 1.79 bits per heavy atom. The van der Waals surface area contributed by atoms with Gasteiger partial charge in [-0.25, -0.2) is 9.59 Å². The van der Waals surface area contributed by atoms with Crippen molar-refractivity contribution < 1.29 is 23.9 Å². The van der Waals surface area contributed by atoms with Crippen LogP contribution in [0.15, 0.2) is 30.3 Å². The Bertz CT molecular complexity index is 707. The van der Waals surface area contributed by atoms with Crippen LogP contribution in [0.2, 0.25) is 0 Å². The SMILES string of the molecule is C#CCNC(=O)[C@H](CCCNC(=O)OC(C)(C)C)NC(=O)OCc1ccccc1. The van der Waals surface area contributed by atoms with Crippen molar-refractivity contribution in [2.45, 2.75) is 51.9 Å². The molecule has 0 aliphatic rings. The molecule has 0 bridgehead atoms. The summed E-state index contributed by atoms with van der Waals surface area (Å²) in [6, 6.07) is 8.35. The number of terminal acetylenes is 1. The lowest BCUT2D eigenvalue weighted by Crippen LogP contribution is -2.47. The zero-order valence-corrected chi connectivity index (χ0v) is 17.1. The minimum Gasteiger partial charge on any atom is -0.445 e. The number of benzene rings is 1. The van der Waals surface area contributed by atoms with E-state index >= 15 is 0 Å². The minimum atomic E-state index is -0.841. The summed E-state index contributed by atoms with van der Waals surface area (Å²) in [4.78, 5) is 35.9. The third-order valence-electron chi connectivity index (χ3n) is 3.52. The van der Waals surface area contributed by atoms with Crippen LogP contribution < -0.4 is 16.0 Å². The molecule has 0 heterocycles. The van der Waals surface area contributed by atoms with Crippen LogP contribution in [0.25, 0.3) is 0 Å². The molecule has 0 aliphatic carbocycles. The van der Waals surface area contributed by atoms with Crippen molar-refractivity contribution in [3.8, 4) is 12.3 Å². The summed E-state index contributed by atoms with van der Waals surface area (Å²) in [6.07, 6.45) is 4.62. The van der Waals surface area contributed by atoms with Gasteiger partial charge in [0.15, 0.2) is 0 Å². The van der Waals surface area contributed by atoms with Crippen LogP contribution in [0.1, 0.15) is 39.2 Å². The molecule has 8 heteroatoms. The van der Waals surface area contributed by atoms with Crippen LogP contribution in [0.4, 0.5) is 9.59 Å². The Morgan fingerprint density at radius 3 is 2.41 bits per heavy atom. The fourth-order valence-electron chi connectivity index (χ4n) is 2.25. The number of carbonyl (C=O) groups excluding carboxylic acids is 3. The molecule has 3 amide bonds. The van der Waals surface area contributed by atoms with Gasteiger partial charge in [-0.1, -0.05) is 36.3 Å². The van der Waals surface area contributed by atoms with Crippen LogP contribution in [0, 0.1) is 12.3 Å². The molecule has 0 unspecified atom stereocenters. The lowest BCUT2D eigenvalue weighted by Gasteiger charge is -2.20. The molecule has 0 radical (unpaired) electrons. The Balaban J connectivity index is 2.48. The van der Waals surface area contributed by atoms with Gasteiger partial charge in [0.05, 0.1) is 6.54 Å². The first-order valence-corrected chi connectivity index (χ1v) is 9.36. The molecule has 29 heavy (non-hydrogen) atoms. The fraction of sp³-hybridized carbons (Fsp3) is 0.476. The maximum Gasteiger partial charge on any atom is 0.408 e. The van der Waals surface area contributed by atoms with Gasteiger partial charge in [-0.05, 0) is 39.2 Å². The van der Waals surface area contributed by atoms with E-state index in [0.29, 0.717) is 6.42 Å². The lowest BCUT2D eigenvalue weighted by molar-refractivity contribution is -0.123. The second-order valence-corrected chi connectivity index (χ2v) is 7.25. The van der Waals surface area contributed by atoms with Gasteiger partial charge >= 0.3 is 12.2 Å². The molecular formula is C21H29N3O5. The van der Waals surface area contributed by atoms with Gasteiger partial charge in [0, 0.05) is 6.54 Å². The van der Waals surface area contributed by atoms with Crippen LogP contribution in [0.3, 0.4) is 0 Å². The highest BCUT2D eigenvalue weighted by atomic mass is 16.6. The van der Waals surface area contributed by atoms with E-state index in [-0.39, 0.29) is 26.1 Å². The van der Waals surface area contributed by atoms with Gasteiger partial charge in [-0.2, -0.15) is 0 Å². The summed E-state index contributed by atoms with van der Waals surface area (Å²) in [5, 5.41) is 7.68. The predicted octanol–water partition coefficient (Wildman–Crippen LogP) is 2.34. The maximum absolute atomic E-state index is 12.2. The summed E-state index contributed by atoms with van der Waals surface area (Å²) in [7, 11) is 0. The summed E-state index contributed by atoms with van der Waals surface area (Å²) in [5.41, 5.74) is 0.240. The molecule has 0 saturated carbocycles. The Labute approximate surface area is 171 Å². The van der Waals surface area contributed by atoms with Crippen molar-refractivity contribution in [2.75, 3.05) is 13.1 Å². The second-order valence-electron chi connectivity index (χ2n) is 7.25. The van der Waals surface area contributed by atoms with Crippen molar-refractivity contribution >= 4 is 18.1 Å². The first kappa shape index (κ1) is 23.8. The number of alkyl carbamates (subject to hydrolysis) is 2. The van der Waals surface area contributed by atoms with Gasteiger partial charge in [-0.3, -0.25) is 4.79 Å². The van der Waals surface area contributed by atoms with E-state index in [2.05, 4.69) is 21.9 Å². The highest BCUT2D eigenvalue weighted by Crippen LogP contribution is 2.07. The zero-order chi connectivity index (χ0) is 21.7. The summed E-state index contributed by atoms with van der Waals surface area (Å²) in [6.45, 7) is 5.72. The summed E-state index contributed by atoms with van der Waals surface area (Å²) >= 11 is 0. The van der Waals surface area contributed by atoms with E-state index in [1.54, 1.807) is 20.8 Å². The van der Waals surface area contributed by atoms with Gasteiger partial charge < -0.3 is 25.4 Å². The molecule has 0 saturated heterocycles. The van der Waals surface area contributed by atoms with E-state index in [4.69, 9.17) is 15.9 Å². The third kappa shape index (κ3) is 11.3. The van der Waals surface area contributed by atoms with Gasteiger partial charge in [0.25, 0.3) is 0 Å². The summed E-state index contributed by atoms with van der Waals surface area (Å²) < 4.78 is 10.3. The molecule has 0 spiro atoms. The highest BCUT2D eigenvalue weighted by molar-refractivity contribution is 5.85. The van der Waals surface area contributed by atoms with Crippen LogP contribution in [-0.4, -0.2) is 42.8 Å². The predicted molar refractivity (Wildman–Crippen MR) is 109 cm³/mol. The van der Waals surface area contributed by atoms with Crippen molar-refractivity contribution in [3.05, 3.63) is 35.9 Å². The number of hydrogen-bond donors (Lipinski definition) is 3. The van der Waals surface area contributed by atoms with E-state index < -0.39 is 29.7 Å². The first-order valence-electron chi connectivity index (χ1n) is 9.36. The molecule has 1 rings (SSSR count). The number of carbonyl (C=O) groups is 3. The zero-order valence-electron chi connectivity index (χ0n) is 17.1. The molecule has 3 N–H and O–H groups in total. The van der Waals surface area contributed by atoms with Crippen molar-refractivity contribution in [1.29, 1.82) is 0 Å². The van der Waals surface area contributed by atoms with E-state index in [9.17, 15) is 14.4 Å². The van der Waals surface area contributed by atoms with Crippen molar-refractivity contribution in [2.24, 2.45) is 0 Å². The molecule has 1 atom stereocenters. The number of nitrogens with one attached hydrogen (secondary N) is 3. The van der Waals surface area contributed by atoms with E-state index in [1.807, 2.05) is 30.3 Å². The molecule has 0 aromatic heterocycles. The molecule has 158 valence electrons. The third-order valence-corrected chi connectivity index (χ3v) is 3.52. The minimum absolute atomic E-state index is 0.0479. The van der Waals surface area contributed by atoms with Crippen molar-refractivity contribution in [1.82, 2.24) is 16.0 Å². The largest absolute Gasteiger partial charge is 0.445 e. The number of hydrogen-bond acceptors (Lipinski definition) is 5. The van der Waals surface area contributed by atoms with Crippen LogP contribution in [-0.2, 0) is 20.9 Å². The molecule has 8 nitrogen and oxygen atoms in total.